The Morgan fingerprint density at radius 3 is 2.90 bits per heavy atom. The Morgan fingerprint density at radius 2 is 2.14 bits per heavy atom. The van der Waals surface area contributed by atoms with Crippen LogP contribution in [0.3, 0.4) is 0 Å². The summed E-state index contributed by atoms with van der Waals surface area (Å²) < 4.78 is 0.587. The Labute approximate surface area is 126 Å². The summed E-state index contributed by atoms with van der Waals surface area (Å²) in [7, 11) is 1.73. The molecule has 0 aliphatic carbocycles. The molecule has 0 spiro atoms. The van der Waals surface area contributed by atoms with Crippen LogP contribution in [0.1, 0.15) is 5.82 Å². The molecule has 0 fully saturated rings. The summed E-state index contributed by atoms with van der Waals surface area (Å²) in [6, 6.07) is 3.25. The lowest BCUT2D eigenvalue weighted by molar-refractivity contribution is -0.383. The van der Waals surface area contributed by atoms with E-state index in [1.807, 2.05) is 5.38 Å². The van der Waals surface area contributed by atoms with Crippen LogP contribution in [0.5, 0.6) is 0 Å². The number of H-pyrrole nitrogens is 1. The molecule has 0 atom stereocenters. The summed E-state index contributed by atoms with van der Waals surface area (Å²) in [6.07, 6.45) is 0. The fraction of sp³-hybridized carbons (Fsp3) is 0.167. The van der Waals surface area contributed by atoms with Gasteiger partial charge in [0, 0.05) is 13.1 Å². The molecule has 21 heavy (non-hydrogen) atoms. The molecule has 7 nitrogen and oxygen atoms in total. The Bertz CT molecular complexity index is 867. The fourth-order valence-electron chi connectivity index (χ4n) is 2.01. The number of nitro groups is 1. The summed E-state index contributed by atoms with van der Waals surface area (Å²) in [4.78, 5) is 31.2. The second-order valence-corrected chi connectivity index (χ2v) is 6.18. The first-order valence-corrected chi connectivity index (χ1v) is 7.71. The number of nitrogens with one attached hydrogen (secondary N) is 1. The number of rotatable bonds is 4. The Kier molecular flexibility index (Phi) is 3.43. The molecule has 0 aliphatic heterocycles. The highest BCUT2D eigenvalue weighted by Gasteiger charge is 2.19. The van der Waals surface area contributed by atoms with E-state index in [1.54, 1.807) is 23.4 Å². The van der Waals surface area contributed by atoms with Gasteiger partial charge >= 0.3 is 5.69 Å². The predicted molar refractivity (Wildman–Crippen MR) is 83.3 cm³/mol. The second-order valence-electron chi connectivity index (χ2n) is 4.37. The average molecular weight is 322 g/mol. The van der Waals surface area contributed by atoms with Gasteiger partial charge in [0.1, 0.15) is 10.5 Å². The van der Waals surface area contributed by atoms with Gasteiger partial charge in [-0.2, -0.15) is 0 Å². The molecule has 0 saturated carbocycles. The van der Waals surface area contributed by atoms with Gasteiger partial charge in [-0.1, -0.05) is 0 Å². The van der Waals surface area contributed by atoms with Crippen LogP contribution >= 0.6 is 22.7 Å². The smallest absolute Gasteiger partial charge is 0.303 e. The number of thiophene rings is 2. The zero-order valence-corrected chi connectivity index (χ0v) is 12.5. The van der Waals surface area contributed by atoms with E-state index in [2.05, 4.69) is 9.97 Å². The molecular formula is C12H10N4O3S2. The van der Waals surface area contributed by atoms with Crippen molar-refractivity contribution < 1.29 is 4.92 Å². The zero-order chi connectivity index (χ0) is 15.0. The normalized spacial score (nSPS) is 10.9. The van der Waals surface area contributed by atoms with E-state index >= 15 is 0 Å². The van der Waals surface area contributed by atoms with Gasteiger partial charge in [0.2, 0.25) is 0 Å². The molecule has 3 aromatic rings. The molecule has 1 N–H and O–H groups in total. The van der Waals surface area contributed by atoms with Gasteiger partial charge in [0.15, 0.2) is 5.00 Å². The van der Waals surface area contributed by atoms with Gasteiger partial charge in [-0.3, -0.25) is 14.9 Å². The van der Waals surface area contributed by atoms with E-state index in [-0.39, 0.29) is 11.2 Å². The number of fused-ring (bicyclic) bond motifs is 1. The highest BCUT2D eigenvalue weighted by molar-refractivity contribution is 7.17. The summed E-state index contributed by atoms with van der Waals surface area (Å²) in [6.45, 7) is 0.294. The lowest BCUT2D eigenvalue weighted by Crippen LogP contribution is -2.21. The predicted octanol–water partition coefficient (Wildman–Crippen LogP) is 2.59. The van der Waals surface area contributed by atoms with E-state index in [0.29, 0.717) is 27.6 Å². The minimum atomic E-state index is -0.416. The monoisotopic (exact) mass is 322 g/mol. The van der Waals surface area contributed by atoms with Crippen LogP contribution in [-0.4, -0.2) is 21.9 Å². The number of aromatic nitrogens is 2. The topological polar surface area (TPSA) is 92.1 Å². The third-order valence-corrected chi connectivity index (χ3v) is 4.84. The molecule has 0 aliphatic rings. The molecule has 9 heteroatoms. The second kappa shape index (κ2) is 5.26. The van der Waals surface area contributed by atoms with Crippen LogP contribution in [0.25, 0.3) is 10.2 Å². The zero-order valence-electron chi connectivity index (χ0n) is 10.9. The van der Waals surface area contributed by atoms with Gasteiger partial charge in [0.25, 0.3) is 5.56 Å². The average Bonchev–Trinajstić information content (AvgIpc) is 3.07. The molecule has 0 radical (unpaired) electrons. The largest absolute Gasteiger partial charge is 0.353 e. The first-order valence-electron chi connectivity index (χ1n) is 5.95. The Hall–Kier alpha value is -2.26. The lowest BCUT2D eigenvalue weighted by atomic mass is 10.4. The van der Waals surface area contributed by atoms with Crippen LogP contribution in [0, 0.1) is 10.1 Å². The number of nitrogens with zero attached hydrogens (tertiary/aromatic N) is 3. The van der Waals surface area contributed by atoms with Gasteiger partial charge in [-0.25, -0.2) is 4.98 Å². The van der Waals surface area contributed by atoms with Crippen molar-refractivity contribution >= 4 is 43.6 Å². The van der Waals surface area contributed by atoms with Gasteiger partial charge in [0.05, 0.1) is 17.0 Å². The van der Waals surface area contributed by atoms with Crippen molar-refractivity contribution in [1.29, 1.82) is 0 Å². The van der Waals surface area contributed by atoms with Gasteiger partial charge in [-0.05, 0) is 16.8 Å². The van der Waals surface area contributed by atoms with Crippen molar-refractivity contribution in [3.05, 3.63) is 49.2 Å². The van der Waals surface area contributed by atoms with E-state index in [9.17, 15) is 14.9 Å². The Balaban J connectivity index is 1.92. The van der Waals surface area contributed by atoms with E-state index in [1.165, 1.54) is 28.7 Å². The standard InChI is InChI=1S/C12H10N4O3S2/c1-15(12-8(16(18)19)3-5-21-12)6-9-13-7-2-4-20-10(7)11(17)14-9/h2-5H,6H2,1H3,(H,13,14,17). The van der Waals surface area contributed by atoms with Crippen molar-refractivity contribution in [2.45, 2.75) is 6.54 Å². The quantitative estimate of drug-likeness (QED) is 0.589. The van der Waals surface area contributed by atoms with Crippen LogP contribution < -0.4 is 10.5 Å². The lowest BCUT2D eigenvalue weighted by Gasteiger charge is -2.15. The first-order chi connectivity index (χ1) is 10.1. The molecule has 0 saturated heterocycles. The number of anilines is 1. The number of hydrogen-bond donors (Lipinski definition) is 1. The maximum Gasteiger partial charge on any atom is 0.303 e. The molecule has 0 amide bonds. The van der Waals surface area contributed by atoms with Crippen molar-refractivity contribution in [2.24, 2.45) is 0 Å². The molecule has 3 aromatic heterocycles. The molecule has 108 valence electrons. The van der Waals surface area contributed by atoms with Crippen LogP contribution in [-0.2, 0) is 6.54 Å². The van der Waals surface area contributed by atoms with E-state index in [4.69, 9.17) is 0 Å². The minimum Gasteiger partial charge on any atom is -0.353 e. The summed E-state index contributed by atoms with van der Waals surface area (Å²) >= 11 is 2.62. The van der Waals surface area contributed by atoms with E-state index < -0.39 is 4.92 Å². The highest BCUT2D eigenvalue weighted by Crippen LogP contribution is 2.33. The van der Waals surface area contributed by atoms with Crippen molar-refractivity contribution in [3.63, 3.8) is 0 Å². The van der Waals surface area contributed by atoms with Crippen molar-refractivity contribution in [3.8, 4) is 0 Å². The molecule has 3 rings (SSSR count). The molecule has 0 aromatic carbocycles. The SMILES string of the molecule is CN(Cc1nc2ccsc2c(=O)[nH]1)c1sccc1[N+](=O)[O-]. The molecular weight excluding hydrogens is 312 g/mol. The van der Waals surface area contributed by atoms with Crippen LogP contribution in [0.4, 0.5) is 10.7 Å². The maximum atomic E-state index is 11.9. The molecule has 3 heterocycles. The molecule has 0 unspecified atom stereocenters. The minimum absolute atomic E-state index is 0.0569. The Morgan fingerprint density at radius 1 is 1.38 bits per heavy atom. The first kappa shape index (κ1) is 13.7. The number of aromatic amines is 1. The van der Waals surface area contributed by atoms with Gasteiger partial charge in [-0.15, -0.1) is 22.7 Å². The molecule has 0 bridgehead atoms. The third kappa shape index (κ3) is 2.52. The highest BCUT2D eigenvalue weighted by atomic mass is 32.1. The maximum absolute atomic E-state index is 11.9. The summed E-state index contributed by atoms with van der Waals surface area (Å²) in [5.41, 5.74) is 0.522. The number of hydrogen-bond acceptors (Lipinski definition) is 7. The fourth-order valence-corrected chi connectivity index (χ4v) is 3.57. The summed E-state index contributed by atoms with van der Waals surface area (Å²) in [5, 5.41) is 15.0. The van der Waals surface area contributed by atoms with Crippen LogP contribution in [0.15, 0.2) is 27.7 Å². The summed E-state index contributed by atoms with van der Waals surface area (Å²) in [5.74, 6) is 0.482. The van der Waals surface area contributed by atoms with Crippen molar-refractivity contribution in [1.82, 2.24) is 9.97 Å². The van der Waals surface area contributed by atoms with Crippen LogP contribution in [0.2, 0.25) is 0 Å². The van der Waals surface area contributed by atoms with Gasteiger partial charge < -0.3 is 9.88 Å². The third-order valence-electron chi connectivity index (χ3n) is 2.92. The van der Waals surface area contributed by atoms with E-state index in [0.717, 1.165) is 0 Å². The van der Waals surface area contributed by atoms with Crippen molar-refractivity contribution in [2.75, 3.05) is 11.9 Å².